The molecule has 178 valence electrons. The van der Waals surface area contributed by atoms with Gasteiger partial charge in [-0.25, -0.2) is 8.42 Å². The predicted octanol–water partition coefficient (Wildman–Crippen LogP) is 2.47. The molecular formula is C23H24N4O6S. The summed E-state index contributed by atoms with van der Waals surface area (Å²) < 4.78 is 32.5. The van der Waals surface area contributed by atoms with Crippen molar-refractivity contribution < 1.29 is 27.2 Å². The van der Waals surface area contributed by atoms with E-state index in [9.17, 15) is 22.8 Å². The standard InChI is InChI=1S/C23H24N4O6S/c1-15(27-34(31,32)20-10-8-18(9-11-20)25-16(2)28)22(29)24-14-17-5-3-6-19(13-17)26-23(30)21-7-4-12-33-21/h3-13,15,27H,14H2,1-2H3,(H,24,29)(H,25,28)(H,26,30)/t15-/m0/s1. The highest BCUT2D eigenvalue weighted by molar-refractivity contribution is 7.89. The molecule has 0 aliphatic carbocycles. The number of amides is 3. The Labute approximate surface area is 196 Å². The third-order valence-corrected chi connectivity index (χ3v) is 6.16. The third-order valence-electron chi connectivity index (χ3n) is 4.61. The summed E-state index contributed by atoms with van der Waals surface area (Å²) in [5.41, 5.74) is 1.68. The normalized spacial score (nSPS) is 11.9. The number of sulfonamides is 1. The van der Waals surface area contributed by atoms with Gasteiger partial charge in [0.05, 0.1) is 17.2 Å². The quantitative estimate of drug-likeness (QED) is 0.367. The van der Waals surface area contributed by atoms with Gasteiger partial charge in [-0.1, -0.05) is 12.1 Å². The van der Waals surface area contributed by atoms with Crippen molar-refractivity contribution in [3.05, 3.63) is 78.3 Å². The monoisotopic (exact) mass is 484 g/mol. The first kappa shape index (κ1) is 24.7. The van der Waals surface area contributed by atoms with E-state index in [0.29, 0.717) is 16.9 Å². The molecule has 3 aromatic rings. The van der Waals surface area contributed by atoms with Crippen LogP contribution in [0.15, 0.2) is 76.2 Å². The van der Waals surface area contributed by atoms with E-state index < -0.39 is 27.9 Å². The van der Waals surface area contributed by atoms with Gasteiger partial charge in [-0.2, -0.15) is 4.72 Å². The molecule has 0 fully saturated rings. The third kappa shape index (κ3) is 6.77. The Balaban J connectivity index is 1.55. The lowest BCUT2D eigenvalue weighted by Crippen LogP contribution is -2.44. The van der Waals surface area contributed by atoms with Crippen LogP contribution in [0.2, 0.25) is 0 Å². The molecule has 1 heterocycles. The Bertz CT molecular complexity index is 1270. The van der Waals surface area contributed by atoms with E-state index in [1.54, 1.807) is 36.4 Å². The first-order valence-corrected chi connectivity index (χ1v) is 11.7. The molecule has 0 bridgehead atoms. The molecule has 0 unspecified atom stereocenters. The fourth-order valence-corrected chi connectivity index (χ4v) is 4.18. The molecule has 3 amide bonds. The molecule has 10 nitrogen and oxygen atoms in total. The van der Waals surface area contributed by atoms with Gasteiger partial charge < -0.3 is 20.4 Å². The van der Waals surface area contributed by atoms with Crippen LogP contribution in [0.1, 0.15) is 30.0 Å². The minimum atomic E-state index is -3.95. The highest BCUT2D eigenvalue weighted by atomic mass is 32.2. The summed E-state index contributed by atoms with van der Waals surface area (Å²) in [7, 11) is -3.95. The van der Waals surface area contributed by atoms with Crippen molar-refractivity contribution in [2.75, 3.05) is 10.6 Å². The molecule has 0 aliphatic heterocycles. The number of nitrogens with one attached hydrogen (secondary N) is 4. The number of furan rings is 1. The van der Waals surface area contributed by atoms with Crippen LogP contribution in [0.3, 0.4) is 0 Å². The van der Waals surface area contributed by atoms with Crippen LogP contribution >= 0.6 is 0 Å². The van der Waals surface area contributed by atoms with E-state index in [4.69, 9.17) is 4.42 Å². The molecule has 11 heteroatoms. The van der Waals surface area contributed by atoms with Gasteiger partial charge in [0, 0.05) is 24.8 Å². The highest BCUT2D eigenvalue weighted by Crippen LogP contribution is 2.15. The van der Waals surface area contributed by atoms with E-state index in [1.165, 1.54) is 44.4 Å². The Morgan fingerprint density at radius 3 is 2.32 bits per heavy atom. The maximum Gasteiger partial charge on any atom is 0.291 e. The van der Waals surface area contributed by atoms with E-state index in [0.717, 1.165) is 0 Å². The van der Waals surface area contributed by atoms with Gasteiger partial charge in [-0.3, -0.25) is 14.4 Å². The lowest BCUT2D eigenvalue weighted by atomic mass is 10.2. The Morgan fingerprint density at radius 1 is 0.941 bits per heavy atom. The molecule has 34 heavy (non-hydrogen) atoms. The zero-order valence-electron chi connectivity index (χ0n) is 18.5. The number of rotatable bonds is 9. The van der Waals surface area contributed by atoms with Gasteiger partial charge in [-0.15, -0.1) is 0 Å². The van der Waals surface area contributed by atoms with Crippen molar-refractivity contribution in [3.63, 3.8) is 0 Å². The zero-order chi connectivity index (χ0) is 24.7. The first-order chi connectivity index (χ1) is 16.1. The average molecular weight is 485 g/mol. The molecule has 0 saturated heterocycles. The highest BCUT2D eigenvalue weighted by Gasteiger charge is 2.22. The lowest BCUT2D eigenvalue weighted by Gasteiger charge is -2.15. The number of hydrogen-bond donors (Lipinski definition) is 4. The summed E-state index contributed by atoms with van der Waals surface area (Å²) in [5.74, 6) is -1.03. The van der Waals surface area contributed by atoms with Crippen molar-refractivity contribution in [2.45, 2.75) is 31.3 Å². The van der Waals surface area contributed by atoms with Crippen LogP contribution in [-0.4, -0.2) is 32.2 Å². The second kappa shape index (κ2) is 10.8. The van der Waals surface area contributed by atoms with Crippen molar-refractivity contribution in [2.24, 2.45) is 0 Å². The second-order valence-electron chi connectivity index (χ2n) is 7.40. The smallest absolute Gasteiger partial charge is 0.291 e. The second-order valence-corrected chi connectivity index (χ2v) is 9.11. The molecule has 3 rings (SSSR count). The number of carbonyl (C=O) groups is 3. The maximum absolute atomic E-state index is 12.6. The molecular weight excluding hydrogens is 460 g/mol. The van der Waals surface area contributed by atoms with Crippen molar-refractivity contribution in [1.29, 1.82) is 0 Å². The molecule has 0 aliphatic rings. The fourth-order valence-electron chi connectivity index (χ4n) is 2.98. The largest absolute Gasteiger partial charge is 0.459 e. The summed E-state index contributed by atoms with van der Waals surface area (Å²) >= 11 is 0. The molecule has 0 spiro atoms. The van der Waals surface area contributed by atoms with Gasteiger partial charge >= 0.3 is 0 Å². The summed E-state index contributed by atoms with van der Waals surface area (Å²) in [5, 5.41) is 7.92. The van der Waals surface area contributed by atoms with Crippen molar-refractivity contribution in [1.82, 2.24) is 10.0 Å². The van der Waals surface area contributed by atoms with Gasteiger partial charge in [0.15, 0.2) is 5.76 Å². The molecule has 4 N–H and O–H groups in total. The molecule has 0 saturated carbocycles. The topological polar surface area (TPSA) is 147 Å². The lowest BCUT2D eigenvalue weighted by molar-refractivity contribution is -0.122. The van der Waals surface area contributed by atoms with E-state index in [2.05, 4.69) is 20.7 Å². The number of benzene rings is 2. The fraction of sp³-hybridized carbons (Fsp3) is 0.174. The van der Waals surface area contributed by atoms with Gasteiger partial charge in [0.1, 0.15) is 0 Å². The van der Waals surface area contributed by atoms with E-state index in [1.807, 2.05) is 0 Å². The van der Waals surface area contributed by atoms with E-state index in [-0.39, 0.29) is 23.1 Å². The van der Waals surface area contributed by atoms with Crippen LogP contribution in [-0.2, 0) is 26.2 Å². The summed E-state index contributed by atoms with van der Waals surface area (Å²) in [6, 6.07) is 14.5. The van der Waals surface area contributed by atoms with E-state index >= 15 is 0 Å². The maximum atomic E-state index is 12.6. The average Bonchev–Trinajstić information content (AvgIpc) is 3.32. The van der Waals surface area contributed by atoms with Crippen LogP contribution < -0.4 is 20.7 Å². The van der Waals surface area contributed by atoms with Crippen LogP contribution in [0, 0.1) is 0 Å². The Hall–Kier alpha value is -3.96. The molecule has 1 atom stereocenters. The summed E-state index contributed by atoms with van der Waals surface area (Å²) in [4.78, 5) is 35.6. The van der Waals surface area contributed by atoms with Crippen molar-refractivity contribution >= 4 is 39.1 Å². The molecule has 2 aromatic carbocycles. The van der Waals surface area contributed by atoms with Crippen LogP contribution in [0.4, 0.5) is 11.4 Å². The van der Waals surface area contributed by atoms with Gasteiger partial charge in [-0.05, 0) is 61.0 Å². The molecule has 1 aromatic heterocycles. The van der Waals surface area contributed by atoms with Crippen molar-refractivity contribution in [3.8, 4) is 0 Å². The minimum Gasteiger partial charge on any atom is -0.459 e. The molecule has 0 radical (unpaired) electrons. The van der Waals surface area contributed by atoms with Crippen LogP contribution in [0.5, 0.6) is 0 Å². The van der Waals surface area contributed by atoms with Crippen LogP contribution in [0.25, 0.3) is 0 Å². The Kier molecular flexibility index (Phi) is 7.82. The Morgan fingerprint density at radius 2 is 1.68 bits per heavy atom. The van der Waals surface area contributed by atoms with Gasteiger partial charge in [0.25, 0.3) is 5.91 Å². The number of anilines is 2. The SMILES string of the molecule is CC(=O)Nc1ccc(S(=O)(=O)N[C@@H](C)C(=O)NCc2cccc(NC(=O)c3ccco3)c2)cc1. The summed E-state index contributed by atoms with van der Waals surface area (Å²) in [6.07, 6.45) is 1.40. The summed E-state index contributed by atoms with van der Waals surface area (Å²) in [6.45, 7) is 2.90. The number of carbonyl (C=O) groups excluding carboxylic acids is 3. The minimum absolute atomic E-state index is 0.0405. The zero-order valence-corrected chi connectivity index (χ0v) is 19.3. The number of hydrogen-bond acceptors (Lipinski definition) is 6. The predicted molar refractivity (Wildman–Crippen MR) is 125 cm³/mol. The van der Waals surface area contributed by atoms with Gasteiger partial charge in [0.2, 0.25) is 21.8 Å². The first-order valence-electron chi connectivity index (χ1n) is 10.3.